The van der Waals surface area contributed by atoms with E-state index in [1.807, 2.05) is 41.5 Å². The monoisotopic (exact) mass is 827 g/mol. The number of benzene rings is 3. The molecule has 47 heavy (non-hydrogen) atoms. The summed E-state index contributed by atoms with van der Waals surface area (Å²) in [5.74, 6) is 0.195. The molecule has 0 aliphatic carbocycles. The molecule has 255 valence electrons. The van der Waals surface area contributed by atoms with Gasteiger partial charge < -0.3 is 5.11 Å². The molecule has 1 aromatic heterocycles. The number of hydrogen-bond acceptors (Lipinski definition) is 3. The summed E-state index contributed by atoms with van der Waals surface area (Å²) < 4.78 is 0. The van der Waals surface area contributed by atoms with Crippen molar-refractivity contribution in [1.29, 1.82) is 0 Å². The van der Waals surface area contributed by atoms with Gasteiger partial charge in [0.25, 0.3) is 0 Å². The quantitative estimate of drug-likeness (QED) is 0.0833. The fourth-order valence-corrected chi connectivity index (χ4v) is 6.00. The zero-order chi connectivity index (χ0) is 34.7. The zero-order valence-corrected chi connectivity index (χ0v) is 34.4. The Labute approximate surface area is 299 Å². The predicted octanol–water partition coefficient (Wildman–Crippen LogP) is 11.4. The second-order valence-electron chi connectivity index (χ2n) is 16.0. The molecule has 0 saturated heterocycles. The first-order chi connectivity index (χ1) is 21.2. The van der Waals surface area contributed by atoms with E-state index in [0.29, 0.717) is 0 Å². The van der Waals surface area contributed by atoms with Crippen LogP contribution >= 0.6 is 0 Å². The van der Waals surface area contributed by atoms with Gasteiger partial charge in [0.2, 0.25) is 0 Å². The topological polar surface area (TPSA) is 50.2 Å². The maximum absolute atomic E-state index is 11.8. The third-order valence-electron chi connectivity index (χ3n) is 9.30. The summed E-state index contributed by atoms with van der Waals surface area (Å²) in [6, 6.07) is 27.9. The maximum atomic E-state index is 11.8. The van der Waals surface area contributed by atoms with Gasteiger partial charge in [0, 0.05) is 42.4 Å². The molecule has 1 radical (unpaired) electrons. The summed E-state index contributed by atoms with van der Waals surface area (Å²) in [5.41, 5.74) is 7.44. The summed E-state index contributed by atoms with van der Waals surface area (Å²) in [4.78, 5) is 16.9. The Morgan fingerprint density at radius 3 is 1.98 bits per heavy atom. The standard InChI is InChI=1S/C29H32NSi.C13H24O2.Ir/c1-20-15-22(17-23(16-20)29(2,3)4)28-19-25(21-11-9-8-10-12-21)26-18-24(31(5,6)7)13-14-27(26)30-28;1-7-12(3,4)10(14)9-11(15)13(5,6)8-2;/h8-14,16-19H,1-7H3;9,14H,7-8H2,1-6H3;/q-1;;/b;10-9-;. The SMILES string of the molecule is CCC(C)(C)C(=O)/C=C(\O)C(C)(C)CC.Cc1[c-]c(-c2cc(-c3ccccc3)c3cc([Si](C)(C)C)ccc3n2)cc(C(C)(C)C)c1.[Ir]. The molecule has 4 aromatic rings. The summed E-state index contributed by atoms with van der Waals surface area (Å²) in [5, 5.41) is 12.5. The Morgan fingerprint density at radius 1 is 0.851 bits per heavy atom. The molecule has 0 spiro atoms. The molecule has 0 aliphatic heterocycles. The van der Waals surface area contributed by atoms with E-state index in [1.165, 1.54) is 33.3 Å². The number of aliphatic hydroxyl groups excluding tert-OH is 1. The van der Waals surface area contributed by atoms with Crippen LogP contribution in [0.15, 0.2) is 78.6 Å². The molecule has 5 heteroatoms. The Bertz CT molecular complexity index is 1710. The minimum atomic E-state index is -1.42. The fourth-order valence-electron chi connectivity index (χ4n) is 4.84. The van der Waals surface area contributed by atoms with Crippen molar-refractivity contribution in [3.63, 3.8) is 0 Å². The molecule has 0 saturated carbocycles. The third-order valence-corrected chi connectivity index (χ3v) is 11.3. The van der Waals surface area contributed by atoms with E-state index < -0.39 is 8.07 Å². The predicted molar refractivity (Wildman–Crippen MR) is 202 cm³/mol. The van der Waals surface area contributed by atoms with Crippen molar-refractivity contribution < 1.29 is 30.0 Å². The first-order valence-electron chi connectivity index (χ1n) is 16.7. The van der Waals surface area contributed by atoms with Gasteiger partial charge in [-0.05, 0) is 41.1 Å². The van der Waals surface area contributed by atoms with Crippen molar-refractivity contribution in [2.45, 2.75) is 107 Å². The average molecular weight is 827 g/mol. The number of pyridine rings is 1. The van der Waals surface area contributed by atoms with E-state index in [-0.39, 0.29) is 47.9 Å². The molecular formula is C42H56IrNO2Si-. The van der Waals surface area contributed by atoms with Crippen LogP contribution < -0.4 is 5.19 Å². The number of aliphatic hydroxyl groups is 1. The Kier molecular flexibility index (Phi) is 13.4. The largest absolute Gasteiger partial charge is 0.512 e. The summed E-state index contributed by atoms with van der Waals surface area (Å²) in [6.07, 6.45) is 2.99. The summed E-state index contributed by atoms with van der Waals surface area (Å²) in [6.45, 7) is 27.7. The number of aromatic nitrogens is 1. The van der Waals surface area contributed by atoms with Crippen LogP contribution in [0.4, 0.5) is 0 Å². The number of nitrogens with zero attached hydrogens (tertiary/aromatic N) is 1. The average Bonchev–Trinajstić information content (AvgIpc) is 2.99. The number of ketones is 1. The van der Waals surface area contributed by atoms with Crippen LogP contribution in [-0.4, -0.2) is 23.9 Å². The van der Waals surface area contributed by atoms with Crippen LogP contribution in [0.5, 0.6) is 0 Å². The van der Waals surface area contributed by atoms with Gasteiger partial charge in [-0.25, -0.2) is 0 Å². The van der Waals surface area contributed by atoms with Crippen molar-refractivity contribution in [2.24, 2.45) is 10.8 Å². The van der Waals surface area contributed by atoms with Gasteiger partial charge >= 0.3 is 0 Å². The normalized spacial score (nSPS) is 12.7. The second-order valence-corrected chi connectivity index (χ2v) is 21.1. The third kappa shape index (κ3) is 10.3. The number of carbonyl (C=O) groups excluding carboxylic acids is 1. The molecular weight excluding hydrogens is 771 g/mol. The summed E-state index contributed by atoms with van der Waals surface area (Å²) >= 11 is 0. The van der Waals surface area contributed by atoms with Crippen LogP contribution in [0.2, 0.25) is 19.6 Å². The van der Waals surface area contributed by atoms with Crippen molar-refractivity contribution >= 4 is 29.9 Å². The zero-order valence-electron chi connectivity index (χ0n) is 31.0. The van der Waals surface area contributed by atoms with Crippen LogP contribution in [0.1, 0.15) is 86.3 Å². The van der Waals surface area contributed by atoms with Gasteiger partial charge in [0.1, 0.15) is 5.76 Å². The van der Waals surface area contributed by atoms with E-state index in [2.05, 4.69) is 120 Å². The Morgan fingerprint density at radius 2 is 1.45 bits per heavy atom. The molecule has 1 heterocycles. The van der Waals surface area contributed by atoms with E-state index >= 15 is 0 Å². The van der Waals surface area contributed by atoms with Gasteiger partial charge in [-0.15, -0.1) is 34.9 Å². The van der Waals surface area contributed by atoms with Crippen LogP contribution in [0.3, 0.4) is 0 Å². The molecule has 4 rings (SSSR count). The van der Waals surface area contributed by atoms with Gasteiger partial charge in [-0.1, -0.05) is 143 Å². The molecule has 1 N–H and O–H groups in total. The molecule has 0 atom stereocenters. The van der Waals surface area contributed by atoms with Gasteiger partial charge in [-0.3, -0.25) is 9.78 Å². The van der Waals surface area contributed by atoms with Crippen LogP contribution in [0.25, 0.3) is 33.3 Å². The molecule has 3 aromatic carbocycles. The molecule has 3 nitrogen and oxygen atoms in total. The first-order valence-corrected chi connectivity index (χ1v) is 20.2. The molecule has 0 amide bonds. The molecule has 0 fully saturated rings. The Balaban J connectivity index is 0.000000410. The van der Waals surface area contributed by atoms with Gasteiger partial charge in [-0.2, -0.15) is 0 Å². The first kappa shape index (κ1) is 40.3. The van der Waals surface area contributed by atoms with E-state index in [4.69, 9.17) is 4.98 Å². The van der Waals surface area contributed by atoms with E-state index in [9.17, 15) is 9.90 Å². The summed E-state index contributed by atoms with van der Waals surface area (Å²) in [7, 11) is -1.42. The number of hydrogen-bond donors (Lipinski definition) is 1. The maximum Gasteiger partial charge on any atom is 0.164 e. The van der Waals surface area contributed by atoms with Gasteiger partial charge in [0.05, 0.1) is 13.6 Å². The molecule has 0 bridgehead atoms. The minimum absolute atomic E-state index is 0. The minimum Gasteiger partial charge on any atom is -0.512 e. The van der Waals surface area contributed by atoms with Crippen LogP contribution in [-0.2, 0) is 30.3 Å². The molecule has 0 unspecified atom stereocenters. The van der Waals surface area contributed by atoms with E-state index in [0.717, 1.165) is 35.2 Å². The van der Waals surface area contributed by atoms with Crippen molar-refractivity contribution in [3.8, 4) is 22.4 Å². The number of allylic oxidation sites excluding steroid dienone is 2. The fraction of sp³-hybridized carbons (Fsp3) is 0.429. The van der Waals surface area contributed by atoms with E-state index in [1.54, 1.807) is 0 Å². The van der Waals surface area contributed by atoms with Crippen molar-refractivity contribution in [2.75, 3.05) is 0 Å². The Hall–Kier alpha value is -2.85. The number of aryl methyl sites for hydroxylation is 1. The smallest absolute Gasteiger partial charge is 0.164 e. The molecule has 0 aliphatic rings. The van der Waals surface area contributed by atoms with Gasteiger partial charge in [0.15, 0.2) is 5.78 Å². The second kappa shape index (κ2) is 15.6. The van der Waals surface area contributed by atoms with Crippen molar-refractivity contribution in [1.82, 2.24) is 4.98 Å². The number of carbonyl (C=O) groups is 1. The number of fused-ring (bicyclic) bond motifs is 1. The number of rotatable bonds is 8. The van der Waals surface area contributed by atoms with Crippen LogP contribution in [0, 0.1) is 23.8 Å². The van der Waals surface area contributed by atoms with Crippen molar-refractivity contribution in [3.05, 3.63) is 95.8 Å².